The Morgan fingerprint density at radius 2 is 2.30 bits per heavy atom. The molecule has 1 aromatic rings. The van der Waals surface area contributed by atoms with Crippen LogP contribution in [0.4, 0.5) is 0 Å². The summed E-state index contributed by atoms with van der Waals surface area (Å²) in [5.74, 6) is 1.11. The van der Waals surface area contributed by atoms with E-state index in [4.69, 9.17) is 0 Å². The molecule has 0 unspecified atom stereocenters. The fourth-order valence-electron chi connectivity index (χ4n) is 0.865. The molecule has 10 heavy (non-hydrogen) atoms. The highest BCUT2D eigenvalue weighted by Crippen LogP contribution is 2.18. The monoisotopic (exact) mass is 264 g/mol. The SMILES string of the molecule is Cc1cccc(CSI)c1. The van der Waals surface area contributed by atoms with E-state index in [1.807, 2.05) is 8.93 Å². The quantitative estimate of drug-likeness (QED) is 0.736. The number of halogens is 1. The van der Waals surface area contributed by atoms with Gasteiger partial charge in [0, 0.05) is 5.75 Å². The maximum Gasteiger partial charge on any atom is 0.0285 e. The largest absolute Gasteiger partial charge is 0.0846 e. The molecule has 0 saturated carbocycles. The first-order valence-corrected chi connectivity index (χ1v) is 6.65. The van der Waals surface area contributed by atoms with E-state index in [2.05, 4.69) is 52.4 Å². The second-order valence-corrected chi connectivity index (χ2v) is 4.62. The average Bonchev–Trinajstić information content (AvgIpc) is 1.88. The zero-order valence-electron chi connectivity index (χ0n) is 5.80. The number of aryl methyl sites for hydroxylation is 1. The molecule has 0 saturated heterocycles. The summed E-state index contributed by atoms with van der Waals surface area (Å²) in [6, 6.07) is 8.63. The summed E-state index contributed by atoms with van der Waals surface area (Å²) in [6.45, 7) is 2.13. The molecular formula is C8H9IS. The molecule has 1 aromatic carbocycles. The van der Waals surface area contributed by atoms with Crippen molar-refractivity contribution in [2.45, 2.75) is 12.7 Å². The van der Waals surface area contributed by atoms with Crippen LogP contribution in [0.2, 0.25) is 0 Å². The van der Waals surface area contributed by atoms with Crippen LogP contribution in [0.15, 0.2) is 24.3 Å². The first-order valence-electron chi connectivity index (χ1n) is 3.12. The van der Waals surface area contributed by atoms with Crippen molar-refractivity contribution >= 4 is 30.1 Å². The minimum absolute atomic E-state index is 1.11. The van der Waals surface area contributed by atoms with Crippen LogP contribution in [0, 0.1) is 6.92 Å². The molecule has 0 bridgehead atoms. The molecular weight excluding hydrogens is 255 g/mol. The highest BCUT2D eigenvalue weighted by Gasteiger charge is 1.90. The Hall–Kier alpha value is 0.300. The third-order valence-corrected chi connectivity index (χ3v) is 2.68. The van der Waals surface area contributed by atoms with Gasteiger partial charge >= 0.3 is 0 Å². The normalized spacial score (nSPS) is 9.80. The Kier molecular flexibility index (Phi) is 3.56. The number of benzene rings is 1. The lowest BCUT2D eigenvalue weighted by atomic mass is 10.2. The van der Waals surface area contributed by atoms with Gasteiger partial charge in [-0.1, -0.05) is 38.8 Å². The van der Waals surface area contributed by atoms with Gasteiger partial charge in [0.15, 0.2) is 0 Å². The molecule has 54 valence electrons. The smallest absolute Gasteiger partial charge is 0.0285 e. The summed E-state index contributed by atoms with van der Waals surface area (Å²) >= 11 is 2.32. The Labute approximate surface area is 78.0 Å². The zero-order chi connectivity index (χ0) is 7.40. The summed E-state index contributed by atoms with van der Waals surface area (Å²) in [6.07, 6.45) is 0. The van der Waals surface area contributed by atoms with Gasteiger partial charge in [-0.25, -0.2) is 0 Å². The summed E-state index contributed by atoms with van der Waals surface area (Å²) < 4.78 is 0. The van der Waals surface area contributed by atoms with E-state index in [-0.39, 0.29) is 0 Å². The maximum atomic E-state index is 2.32. The molecule has 0 aliphatic carbocycles. The van der Waals surface area contributed by atoms with Gasteiger partial charge in [0.1, 0.15) is 0 Å². The molecule has 0 heterocycles. The van der Waals surface area contributed by atoms with E-state index in [1.165, 1.54) is 11.1 Å². The van der Waals surface area contributed by atoms with Gasteiger partial charge in [-0.3, -0.25) is 0 Å². The van der Waals surface area contributed by atoms with E-state index >= 15 is 0 Å². The first-order chi connectivity index (χ1) is 4.83. The number of hydrogen-bond donors (Lipinski definition) is 0. The molecule has 0 fully saturated rings. The predicted molar refractivity (Wildman–Crippen MR) is 56.5 cm³/mol. The molecule has 0 N–H and O–H groups in total. The Morgan fingerprint density at radius 3 is 2.90 bits per heavy atom. The summed E-state index contributed by atoms with van der Waals surface area (Å²) in [5, 5.41) is 0. The van der Waals surface area contributed by atoms with Crippen molar-refractivity contribution < 1.29 is 0 Å². The van der Waals surface area contributed by atoms with Crippen LogP contribution in [0.25, 0.3) is 0 Å². The number of rotatable bonds is 2. The first kappa shape index (κ1) is 8.40. The fraction of sp³-hybridized carbons (Fsp3) is 0.250. The van der Waals surface area contributed by atoms with E-state index in [9.17, 15) is 0 Å². The van der Waals surface area contributed by atoms with E-state index in [1.54, 1.807) is 0 Å². The van der Waals surface area contributed by atoms with Gasteiger partial charge in [0.2, 0.25) is 0 Å². The van der Waals surface area contributed by atoms with E-state index < -0.39 is 0 Å². The Bertz CT molecular complexity index is 210. The third-order valence-electron chi connectivity index (χ3n) is 1.30. The van der Waals surface area contributed by atoms with Crippen LogP contribution in [-0.4, -0.2) is 0 Å². The molecule has 0 aromatic heterocycles. The highest BCUT2D eigenvalue weighted by molar-refractivity contribution is 14.2. The minimum atomic E-state index is 1.11. The van der Waals surface area contributed by atoms with Gasteiger partial charge in [-0.15, -0.1) is 0 Å². The maximum absolute atomic E-state index is 2.32. The lowest BCUT2D eigenvalue weighted by Crippen LogP contribution is -1.78. The zero-order valence-corrected chi connectivity index (χ0v) is 8.78. The van der Waals surface area contributed by atoms with Crippen molar-refractivity contribution in [3.8, 4) is 0 Å². The molecule has 0 aliphatic heterocycles. The van der Waals surface area contributed by atoms with Crippen molar-refractivity contribution in [3.05, 3.63) is 35.4 Å². The van der Waals surface area contributed by atoms with Crippen LogP contribution in [-0.2, 0) is 5.75 Å². The molecule has 0 atom stereocenters. The Morgan fingerprint density at radius 1 is 1.50 bits per heavy atom. The molecule has 1 rings (SSSR count). The van der Waals surface area contributed by atoms with Gasteiger partial charge in [-0.05, 0) is 33.7 Å². The van der Waals surface area contributed by atoms with Crippen LogP contribution in [0.3, 0.4) is 0 Å². The van der Waals surface area contributed by atoms with Gasteiger partial charge in [0.05, 0.1) is 0 Å². The molecule has 2 heteroatoms. The second kappa shape index (κ2) is 4.23. The van der Waals surface area contributed by atoms with Crippen molar-refractivity contribution in [1.29, 1.82) is 0 Å². The molecule has 0 aliphatic rings. The van der Waals surface area contributed by atoms with E-state index in [0.29, 0.717) is 0 Å². The van der Waals surface area contributed by atoms with Crippen molar-refractivity contribution in [2.75, 3.05) is 0 Å². The molecule has 0 nitrogen and oxygen atoms in total. The van der Waals surface area contributed by atoms with Crippen molar-refractivity contribution in [3.63, 3.8) is 0 Å². The number of hydrogen-bond acceptors (Lipinski definition) is 1. The topological polar surface area (TPSA) is 0 Å². The second-order valence-electron chi connectivity index (χ2n) is 2.24. The standard InChI is InChI=1S/C8H9IS/c1-7-3-2-4-8(5-7)6-10-9/h2-5H,6H2,1H3. The minimum Gasteiger partial charge on any atom is -0.0846 e. The summed E-state index contributed by atoms with van der Waals surface area (Å²) in [4.78, 5) is 0. The van der Waals surface area contributed by atoms with Crippen LogP contribution in [0.5, 0.6) is 0 Å². The highest BCUT2D eigenvalue weighted by atomic mass is 127. The van der Waals surface area contributed by atoms with Crippen molar-refractivity contribution in [2.24, 2.45) is 0 Å². The van der Waals surface area contributed by atoms with Gasteiger partial charge in [0.25, 0.3) is 0 Å². The van der Waals surface area contributed by atoms with Crippen LogP contribution < -0.4 is 0 Å². The average molecular weight is 264 g/mol. The van der Waals surface area contributed by atoms with Crippen LogP contribution >= 0.6 is 30.1 Å². The lowest BCUT2D eigenvalue weighted by molar-refractivity contribution is 1.36. The molecule has 0 spiro atoms. The molecule has 0 amide bonds. The van der Waals surface area contributed by atoms with Crippen molar-refractivity contribution in [1.82, 2.24) is 0 Å². The summed E-state index contributed by atoms with van der Waals surface area (Å²) in [5.41, 5.74) is 2.77. The van der Waals surface area contributed by atoms with Gasteiger partial charge < -0.3 is 0 Å². The Balaban J connectivity index is 2.75. The predicted octanol–water partition coefficient (Wildman–Crippen LogP) is 3.58. The van der Waals surface area contributed by atoms with Crippen LogP contribution in [0.1, 0.15) is 11.1 Å². The van der Waals surface area contributed by atoms with E-state index in [0.717, 1.165) is 5.75 Å². The lowest BCUT2D eigenvalue weighted by Gasteiger charge is -1.96. The van der Waals surface area contributed by atoms with Gasteiger partial charge in [-0.2, -0.15) is 0 Å². The fourth-order valence-corrected chi connectivity index (χ4v) is 2.25. The third kappa shape index (κ3) is 2.50. The molecule has 0 radical (unpaired) electrons. The summed E-state index contributed by atoms with van der Waals surface area (Å²) in [7, 11) is 1.83.